The number of aromatic amines is 1. The number of nitrogens with zero attached hydrogens (tertiary/aromatic N) is 4. The van der Waals surface area contributed by atoms with Gasteiger partial charge in [0.15, 0.2) is 5.82 Å². The summed E-state index contributed by atoms with van der Waals surface area (Å²) in [4.78, 5) is 41.2. The second kappa shape index (κ2) is 7.73. The second-order valence-electron chi connectivity index (χ2n) is 9.38. The number of aromatic nitrogens is 3. The predicted octanol–water partition coefficient (Wildman–Crippen LogP) is 3.15. The van der Waals surface area contributed by atoms with Crippen LogP contribution < -0.4 is 10.9 Å². The Labute approximate surface area is 194 Å². The Balaban J connectivity index is 1.51. The van der Waals surface area contributed by atoms with Crippen molar-refractivity contribution >= 4 is 34.3 Å². The van der Waals surface area contributed by atoms with Gasteiger partial charge >= 0.3 is 5.97 Å². The molecule has 1 aliphatic carbocycles. The number of carbonyl (C=O) groups is 2. The fourth-order valence-electron chi connectivity index (χ4n) is 4.57. The fourth-order valence-corrected chi connectivity index (χ4v) is 4.57. The van der Waals surface area contributed by atoms with Crippen LogP contribution in [0.2, 0.25) is 0 Å². The summed E-state index contributed by atoms with van der Waals surface area (Å²) < 4.78 is 1.78. The van der Waals surface area contributed by atoms with Gasteiger partial charge in [-0.25, -0.2) is 4.79 Å². The number of fused-ring (bicyclic) bond motifs is 2. The number of rotatable bonds is 7. The number of aliphatic carboxylic acids is 1. The Hall–Kier alpha value is -4.13. The van der Waals surface area contributed by atoms with Gasteiger partial charge in [-0.2, -0.15) is 10.4 Å². The molecule has 10 nitrogen and oxygen atoms in total. The fraction of sp³-hybridized carbons (Fsp3) is 0.375. The highest BCUT2D eigenvalue weighted by atomic mass is 16.4. The summed E-state index contributed by atoms with van der Waals surface area (Å²) in [5, 5.41) is 27.2. The van der Waals surface area contributed by atoms with Crippen molar-refractivity contribution in [3.05, 3.63) is 51.9 Å². The average Bonchev–Trinajstić information content (AvgIpc) is 3.49. The van der Waals surface area contributed by atoms with Gasteiger partial charge in [0.05, 0.1) is 24.0 Å². The number of H-pyrrole nitrogens is 1. The van der Waals surface area contributed by atoms with Crippen LogP contribution in [0, 0.1) is 17.2 Å². The molecule has 34 heavy (non-hydrogen) atoms. The molecule has 1 atom stereocenters. The molecule has 0 saturated heterocycles. The van der Waals surface area contributed by atoms with Crippen LogP contribution >= 0.6 is 0 Å². The van der Waals surface area contributed by atoms with Gasteiger partial charge in [-0.15, -0.1) is 0 Å². The maximum absolute atomic E-state index is 12.8. The quantitative estimate of drug-likeness (QED) is 0.491. The van der Waals surface area contributed by atoms with E-state index in [1.165, 1.54) is 18.7 Å². The molecule has 3 heterocycles. The maximum atomic E-state index is 12.8. The number of nitrogens with one attached hydrogen (secondary N) is 2. The van der Waals surface area contributed by atoms with Crippen molar-refractivity contribution in [2.24, 2.45) is 5.92 Å². The molecule has 2 aliphatic rings. The standard InChI is InChI=1S/C24H24N6O4/c1-24(2,23(33)34)29-12-14-11-15(5-6-16(14)22(29)32)27-20-19-18(8-10-26-21(19)31)30(28-20)17(7-9-25)13-3-4-13/h5-6,8,10-11,13,17H,3-4,7,12H2,1-2H3,(H,26,31)(H,27,28)(H,33,34). The highest BCUT2D eigenvalue weighted by molar-refractivity contribution is 6.02. The van der Waals surface area contributed by atoms with Crippen molar-refractivity contribution in [1.29, 1.82) is 5.26 Å². The normalized spacial score (nSPS) is 16.4. The zero-order chi connectivity index (χ0) is 24.2. The average molecular weight is 460 g/mol. The lowest BCUT2D eigenvalue weighted by Crippen LogP contribution is -2.50. The lowest BCUT2D eigenvalue weighted by Gasteiger charge is -2.31. The van der Waals surface area contributed by atoms with Crippen molar-refractivity contribution in [3.63, 3.8) is 0 Å². The Morgan fingerprint density at radius 2 is 2.12 bits per heavy atom. The monoisotopic (exact) mass is 460 g/mol. The van der Waals surface area contributed by atoms with E-state index in [4.69, 9.17) is 5.10 Å². The largest absolute Gasteiger partial charge is 0.480 e. The Morgan fingerprint density at radius 1 is 1.35 bits per heavy atom. The maximum Gasteiger partial charge on any atom is 0.329 e. The van der Waals surface area contributed by atoms with Crippen LogP contribution in [0.15, 0.2) is 35.3 Å². The number of pyridine rings is 1. The summed E-state index contributed by atoms with van der Waals surface area (Å²) in [6.07, 6.45) is 3.94. The van der Waals surface area contributed by atoms with Gasteiger partial charge in [0, 0.05) is 24.0 Å². The smallest absolute Gasteiger partial charge is 0.329 e. The van der Waals surface area contributed by atoms with Crippen LogP contribution in [-0.4, -0.2) is 42.2 Å². The third-order valence-corrected chi connectivity index (χ3v) is 6.78. The van der Waals surface area contributed by atoms with E-state index in [-0.39, 0.29) is 24.1 Å². The molecule has 1 aromatic carbocycles. The molecule has 174 valence electrons. The van der Waals surface area contributed by atoms with Crippen molar-refractivity contribution < 1.29 is 14.7 Å². The number of anilines is 2. The highest BCUT2D eigenvalue weighted by Crippen LogP contribution is 2.43. The van der Waals surface area contributed by atoms with Gasteiger partial charge < -0.3 is 20.3 Å². The number of hydrogen-bond acceptors (Lipinski definition) is 6. The number of carbonyl (C=O) groups excluding carboxylic acids is 1. The summed E-state index contributed by atoms with van der Waals surface area (Å²) >= 11 is 0. The van der Waals surface area contributed by atoms with E-state index in [9.17, 15) is 24.8 Å². The van der Waals surface area contributed by atoms with Crippen LogP contribution in [0.4, 0.5) is 11.5 Å². The number of carboxylic acids is 1. The molecule has 1 saturated carbocycles. The first kappa shape index (κ1) is 21.7. The number of nitriles is 1. The van der Waals surface area contributed by atoms with Crippen LogP contribution in [0.1, 0.15) is 55.1 Å². The lowest BCUT2D eigenvalue weighted by molar-refractivity contribution is -0.147. The summed E-state index contributed by atoms with van der Waals surface area (Å²) in [5.74, 6) is -0.674. The molecule has 5 rings (SSSR count). The minimum absolute atomic E-state index is 0.102. The predicted molar refractivity (Wildman–Crippen MR) is 124 cm³/mol. The first-order chi connectivity index (χ1) is 16.2. The number of amides is 1. The van der Waals surface area contributed by atoms with Gasteiger partial charge in [0.2, 0.25) is 0 Å². The molecule has 1 aliphatic heterocycles. The van der Waals surface area contributed by atoms with Crippen LogP contribution in [0.3, 0.4) is 0 Å². The van der Waals surface area contributed by atoms with Crippen LogP contribution in [0.25, 0.3) is 10.9 Å². The summed E-state index contributed by atoms with van der Waals surface area (Å²) in [5.41, 5.74) is 0.801. The highest BCUT2D eigenvalue weighted by Gasteiger charge is 2.42. The van der Waals surface area contributed by atoms with E-state index >= 15 is 0 Å². The number of carboxylic acid groups (broad SMARTS) is 1. The van der Waals surface area contributed by atoms with E-state index in [2.05, 4.69) is 16.4 Å². The van der Waals surface area contributed by atoms with E-state index < -0.39 is 11.5 Å². The molecule has 2 aromatic heterocycles. The number of benzene rings is 1. The second-order valence-corrected chi connectivity index (χ2v) is 9.38. The zero-order valence-corrected chi connectivity index (χ0v) is 18.8. The molecule has 10 heteroatoms. The van der Waals surface area contributed by atoms with Gasteiger partial charge in [0.25, 0.3) is 11.5 Å². The van der Waals surface area contributed by atoms with Gasteiger partial charge in [-0.1, -0.05) is 0 Å². The molecule has 1 fully saturated rings. The topological polar surface area (TPSA) is 144 Å². The van der Waals surface area contributed by atoms with Crippen LogP contribution in [-0.2, 0) is 11.3 Å². The molecule has 3 aromatic rings. The molecule has 1 amide bonds. The van der Waals surface area contributed by atoms with Gasteiger partial charge in [-0.05, 0) is 62.4 Å². The third kappa shape index (κ3) is 3.41. The zero-order valence-electron chi connectivity index (χ0n) is 18.8. The Bertz CT molecular complexity index is 1430. The van der Waals surface area contributed by atoms with Crippen LogP contribution in [0.5, 0.6) is 0 Å². The minimum Gasteiger partial charge on any atom is -0.480 e. The molecule has 0 bridgehead atoms. The van der Waals surface area contributed by atoms with E-state index in [1.54, 1.807) is 35.1 Å². The SMILES string of the molecule is CC(C)(C(=O)O)N1Cc2cc(Nc3nn(C(CC#N)C4CC4)c4cc[nH]c(=O)c34)ccc2C1=O. The van der Waals surface area contributed by atoms with E-state index in [0.717, 1.165) is 12.8 Å². The first-order valence-corrected chi connectivity index (χ1v) is 11.1. The molecular weight excluding hydrogens is 436 g/mol. The lowest BCUT2D eigenvalue weighted by atomic mass is 10.0. The third-order valence-electron chi connectivity index (χ3n) is 6.78. The van der Waals surface area contributed by atoms with Crippen molar-refractivity contribution in [2.45, 2.75) is 51.2 Å². The Morgan fingerprint density at radius 3 is 2.79 bits per heavy atom. The minimum atomic E-state index is -1.34. The van der Waals surface area contributed by atoms with Crippen molar-refractivity contribution in [2.75, 3.05) is 5.32 Å². The van der Waals surface area contributed by atoms with E-state index in [1.807, 2.05) is 0 Å². The molecular formula is C24H24N6O4. The summed E-state index contributed by atoms with van der Waals surface area (Å²) in [6.45, 7) is 3.17. The number of hydrogen-bond donors (Lipinski definition) is 3. The summed E-state index contributed by atoms with van der Waals surface area (Å²) in [6, 6.07) is 9.07. The molecule has 1 unspecified atom stereocenters. The van der Waals surface area contributed by atoms with Crippen molar-refractivity contribution in [3.8, 4) is 6.07 Å². The molecule has 0 radical (unpaired) electrons. The first-order valence-electron chi connectivity index (χ1n) is 11.1. The van der Waals surface area contributed by atoms with E-state index in [0.29, 0.717) is 45.9 Å². The van der Waals surface area contributed by atoms with Gasteiger partial charge in [-0.3, -0.25) is 14.3 Å². The van der Waals surface area contributed by atoms with Crippen molar-refractivity contribution in [1.82, 2.24) is 19.7 Å². The molecule has 0 spiro atoms. The Kier molecular flexibility index (Phi) is 4.93. The van der Waals surface area contributed by atoms with Gasteiger partial charge in [0.1, 0.15) is 10.9 Å². The molecule has 3 N–H and O–H groups in total. The summed E-state index contributed by atoms with van der Waals surface area (Å²) in [7, 11) is 0.